The quantitative estimate of drug-likeness (QED) is 0.759. The van der Waals surface area contributed by atoms with E-state index in [2.05, 4.69) is 15.6 Å². The molecule has 0 unspecified atom stereocenters. The van der Waals surface area contributed by atoms with Crippen LogP contribution in [0, 0.1) is 0 Å². The van der Waals surface area contributed by atoms with Crippen molar-refractivity contribution >= 4 is 28.4 Å². The molecule has 0 saturated carbocycles. The van der Waals surface area contributed by atoms with Crippen molar-refractivity contribution in [3.8, 4) is 0 Å². The Labute approximate surface area is 139 Å². The molecule has 120 valence electrons. The molecule has 5 nitrogen and oxygen atoms in total. The summed E-state index contributed by atoms with van der Waals surface area (Å²) in [6.07, 6.45) is 1.88. The van der Waals surface area contributed by atoms with E-state index in [1.165, 1.54) is 0 Å². The highest BCUT2D eigenvalue weighted by Gasteiger charge is 2.08. The Morgan fingerprint density at radius 2 is 1.67 bits per heavy atom. The molecule has 1 heterocycles. The third kappa shape index (κ3) is 4.16. The monoisotopic (exact) mass is 319 g/mol. The summed E-state index contributed by atoms with van der Waals surface area (Å²) in [6, 6.07) is 18.8. The average molecular weight is 319 g/mol. The maximum absolute atomic E-state index is 12.0. The number of fused-ring (bicyclic) bond motifs is 1. The number of anilines is 1. The smallest absolute Gasteiger partial charge is 0.243 e. The van der Waals surface area contributed by atoms with E-state index in [4.69, 9.17) is 0 Å². The van der Waals surface area contributed by atoms with Crippen molar-refractivity contribution in [2.24, 2.45) is 0 Å². The topological polar surface area (TPSA) is 71.1 Å². The average Bonchev–Trinajstić information content (AvgIpc) is 2.61. The van der Waals surface area contributed by atoms with Crippen LogP contribution in [0.15, 0.2) is 66.9 Å². The Hall–Kier alpha value is -3.21. The van der Waals surface area contributed by atoms with Gasteiger partial charge in [0.1, 0.15) is 0 Å². The molecule has 0 spiro atoms. The lowest BCUT2D eigenvalue weighted by atomic mass is 10.1. The highest BCUT2D eigenvalue weighted by molar-refractivity contribution is 5.94. The Balaban J connectivity index is 1.52. The van der Waals surface area contributed by atoms with E-state index >= 15 is 0 Å². The molecule has 0 fully saturated rings. The van der Waals surface area contributed by atoms with Crippen LogP contribution < -0.4 is 10.6 Å². The number of benzene rings is 2. The first-order valence-corrected chi connectivity index (χ1v) is 7.66. The zero-order valence-corrected chi connectivity index (χ0v) is 13.0. The van der Waals surface area contributed by atoms with Gasteiger partial charge >= 0.3 is 0 Å². The molecule has 0 radical (unpaired) electrons. The number of rotatable bonds is 5. The van der Waals surface area contributed by atoms with Crippen LogP contribution in [0.4, 0.5) is 5.69 Å². The Kier molecular flexibility index (Phi) is 4.81. The van der Waals surface area contributed by atoms with Gasteiger partial charge in [-0.05, 0) is 29.8 Å². The van der Waals surface area contributed by atoms with Gasteiger partial charge in [0.15, 0.2) is 0 Å². The number of hydrogen-bond donors (Lipinski definition) is 2. The highest BCUT2D eigenvalue weighted by atomic mass is 16.2. The number of amides is 2. The van der Waals surface area contributed by atoms with Gasteiger partial charge in [-0.25, -0.2) is 0 Å². The van der Waals surface area contributed by atoms with Gasteiger partial charge in [0.2, 0.25) is 11.8 Å². The Morgan fingerprint density at radius 3 is 2.50 bits per heavy atom. The molecule has 2 aromatic carbocycles. The maximum atomic E-state index is 12.0. The number of carbonyl (C=O) groups excluding carboxylic acids is 2. The van der Waals surface area contributed by atoms with Crippen molar-refractivity contribution in [2.75, 3.05) is 11.9 Å². The molecule has 2 N–H and O–H groups in total. The van der Waals surface area contributed by atoms with Gasteiger partial charge in [0, 0.05) is 17.3 Å². The maximum Gasteiger partial charge on any atom is 0.243 e. The number of para-hydroxylation sites is 2. The van der Waals surface area contributed by atoms with Gasteiger partial charge < -0.3 is 10.6 Å². The van der Waals surface area contributed by atoms with Crippen LogP contribution in [-0.2, 0) is 16.0 Å². The third-order valence-electron chi connectivity index (χ3n) is 3.52. The fraction of sp³-hybridized carbons (Fsp3) is 0.105. The molecule has 0 saturated heterocycles. The largest absolute Gasteiger partial charge is 0.347 e. The number of hydrogen-bond acceptors (Lipinski definition) is 3. The van der Waals surface area contributed by atoms with Crippen LogP contribution in [0.5, 0.6) is 0 Å². The van der Waals surface area contributed by atoms with E-state index in [0.717, 1.165) is 16.5 Å². The lowest BCUT2D eigenvalue weighted by molar-refractivity contribution is -0.123. The van der Waals surface area contributed by atoms with Crippen LogP contribution >= 0.6 is 0 Å². The molecule has 2 amide bonds. The normalized spacial score (nSPS) is 10.3. The van der Waals surface area contributed by atoms with Crippen LogP contribution in [-0.4, -0.2) is 23.3 Å². The summed E-state index contributed by atoms with van der Waals surface area (Å²) < 4.78 is 0. The minimum absolute atomic E-state index is 0.0608. The molecule has 0 bridgehead atoms. The number of carbonyl (C=O) groups is 2. The van der Waals surface area contributed by atoms with Crippen molar-refractivity contribution in [3.63, 3.8) is 0 Å². The molecule has 0 atom stereocenters. The molecule has 3 rings (SSSR count). The summed E-state index contributed by atoms with van der Waals surface area (Å²) in [5.41, 5.74) is 2.41. The van der Waals surface area contributed by atoms with Gasteiger partial charge in [0.25, 0.3) is 0 Å². The Bertz CT molecular complexity index is 863. The first kappa shape index (κ1) is 15.7. The van der Waals surface area contributed by atoms with Crippen molar-refractivity contribution < 1.29 is 9.59 Å². The number of nitrogens with one attached hydrogen (secondary N) is 2. The van der Waals surface area contributed by atoms with Gasteiger partial charge in [-0.3, -0.25) is 14.6 Å². The predicted molar refractivity (Wildman–Crippen MR) is 93.5 cm³/mol. The van der Waals surface area contributed by atoms with Crippen molar-refractivity contribution in [2.45, 2.75) is 6.42 Å². The van der Waals surface area contributed by atoms with E-state index < -0.39 is 0 Å². The molecule has 5 heteroatoms. The number of aromatic nitrogens is 1. The first-order valence-electron chi connectivity index (χ1n) is 7.66. The molecule has 24 heavy (non-hydrogen) atoms. The van der Waals surface area contributed by atoms with Gasteiger partial charge in [-0.1, -0.05) is 36.4 Å². The second-order valence-corrected chi connectivity index (χ2v) is 5.40. The molecule has 0 aliphatic heterocycles. The third-order valence-corrected chi connectivity index (χ3v) is 3.52. The lowest BCUT2D eigenvalue weighted by Gasteiger charge is -2.07. The summed E-state index contributed by atoms with van der Waals surface area (Å²) in [5.74, 6) is -0.471. The molecule has 0 aliphatic carbocycles. The molecular weight excluding hydrogens is 302 g/mol. The predicted octanol–water partition coefficient (Wildman–Crippen LogP) is 2.53. The Morgan fingerprint density at radius 1 is 0.917 bits per heavy atom. The van der Waals surface area contributed by atoms with Gasteiger partial charge in [-0.15, -0.1) is 0 Å². The lowest BCUT2D eigenvalue weighted by Crippen LogP contribution is -2.33. The summed E-state index contributed by atoms with van der Waals surface area (Å²) in [4.78, 5) is 28.1. The van der Waals surface area contributed by atoms with Gasteiger partial charge in [-0.2, -0.15) is 0 Å². The summed E-state index contributed by atoms with van der Waals surface area (Å²) >= 11 is 0. The highest BCUT2D eigenvalue weighted by Crippen LogP contribution is 2.13. The number of pyridine rings is 1. The van der Waals surface area contributed by atoms with E-state index in [9.17, 15) is 9.59 Å². The fourth-order valence-corrected chi connectivity index (χ4v) is 2.37. The zero-order valence-electron chi connectivity index (χ0n) is 13.0. The van der Waals surface area contributed by atoms with Crippen molar-refractivity contribution in [1.82, 2.24) is 10.3 Å². The number of nitrogens with zero attached hydrogens (tertiary/aromatic N) is 1. The van der Waals surface area contributed by atoms with E-state index in [0.29, 0.717) is 5.69 Å². The van der Waals surface area contributed by atoms with Crippen LogP contribution in [0.3, 0.4) is 0 Å². The summed E-state index contributed by atoms with van der Waals surface area (Å²) in [6.45, 7) is -0.0608. The van der Waals surface area contributed by atoms with E-state index in [1.54, 1.807) is 18.3 Å². The minimum atomic E-state index is -0.258. The zero-order chi connectivity index (χ0) is 16.8. The van der Waals surface area contributed by atoms with Crippen molar-refractivity contribution in [3.05, 3.63) is 72.4 Å². The van der Waals surface area contributed by atoms with Crippen LogP contribution in [0.1, 0.15) is 5.56 Å². The standard InChI is InChI=1S/C19H17N3O2/c23-18(21-13-19(24)22-16-7-2-1-3-8-16)11-14-10-15-6-4-5-9-17(15)20-12-14/h1-10,12H,11,13H2,(H,21,23)(H,22,24). The molecular formula is C19H17N3O2. The molecule has 3 aromatic rings. The van der Waals surface area contributed by atoms with E-state index in [1.807, 2.05) is 48.5 Å². The minimum Gasteiger partial charge on any atom is -0.347 e. The second kappa shape index (κ2) is 7.37. The van der Waals surface area contributed by atoms with Gasteiger partial charge in [0.05, 0.1) is 18.5 Å². The van der Waals surface area contributed by atoms with E-state index in [-0.39, 0.29) is 24.8 Å². The molecule has 1 aromatic heterocycles. The summed E-state index contributed by atoms with van der Waals surface area (Å²) in [7, 11) is 0. The van der Waals surface area contributed by atoms with Crippen LogP contribution in [0.2, 0.25) is 0 Å². The molecule has 0 aliphatic rings. The van der Waals surface area contributed by atoms with Crippen molar-refractivity contribution in [1.29, 1.82) is 0 Å². The first-order chi connectivity index (χ1) is 11.7. The second-order valence-electron chi connectivity index (χ2n) is 5.40. The fourth-order valence-electron chi connectivity index (χ4n) is 2.37. The SMILES string of the molecule is O=C(Cc1cnc2ccccc2c1)NCC(=O)Nc1ccccc1. The summed E-state index contributed by atoms with van der Waals surface area (Å²) in [5, 5.41) is 6.33. The van der Waals surface area contributed by atoms with Crippen LogP contribution in [0.25, 0.3) is 10.9 Å².